The maximum Gasteiger partial charge on any atom is 0.339 e. The lowest BCUT2D eigenvalue weighted by atomic mass is 9.99. The van der Waals surface area contributed by atoms with E-state index in [0.717, 1.165) is 58.3 Å². The minimum atomic E-state index is -0.250. The molecule has 4 nitrogen and oxygen atoms in total. The fourth-order valence-electron chi connectivity index (χ4n) is 4.16. The summed E-state index contributed by atoms with van der Waals surface area (Å²) in [6, 6.07) is 8.53. The second-order valence-electron chi connectivity index (χ2n) is 7.01. The third kappa shape index (κ3) is 2.23. The number of fused-ring (bicyclic) bond motifs is 4. The summed E-state index contributed by atoms with van der Waals surface area (Å²) in [6.07, 6.45) is 2.70. The molecular formula is C21H18FNO3. The van der Waals surface area contributed by atoms with E-state index in [1.54, 1.807) is 12.1 Å². The summed E-state index contributed by atoms with van der Waals surface area (Å²) in [7, 11) is 0. The molecule has 5 rings (SSSR count). The van der Waals surface area contributed by atoms with Crippen LogP contribution in [0.15, 0.2) is 39.5 Å². The first kappa shape index (κ1) is 15.4. The number of ether oxygens (including phenoxy) is 1. The Kier molecular flexibility index (Phi) is 3.32. The zero-order valence-electron chi connectivity index (χ0n) is 14.5. The molecule has 3 aromatic rings. The van der Waals surface area contributed by atoms with Gasteiger partial charge in [0.15, 0.2) is 6.73 Å². The van der Waals surface area contributed by atoms with Crippen molar-refractivity contribution in [1.29, 1.82) is 0 Å². The highest BCUT2D eigenvalue weighted by Crippen LogP contribution is 2.38. The molecule has 1 aliphatic heterocycles. The summed E-state index contributed by atoms with van der Waals surface area (Å²) >= 11 is 0. The Morgan fingerprint density at radius 1 is 1.12 bits per heavy atom. The number of benzene rings is 2. The number of hydrogen-bond acceptors (Lipinski definition) is 4. The Bertz CT molecular complexity index is 1090. The summed E-state index contributed by atoms with van der Waals surface area (Å²) in [6.45, 7) is 2.99. The van der Waals surface area contributed by atoms with Gasteiger partial charge in [0.2, 0.25) is 0 Å². The molecule has 2 aromatic carbocycles. The van der Waals surface area contributed by atoms with Gasteiger partial charge in [0.1, 0.15) is 17.1 Å². The second kappa shape index (κ2) is 5.59. The number of aryl methyl sites for hydroxylation is 2. The lowest BCUT2D eigenvalue weighted by Gasteiger charge is -2.32. The van der Waals surface area contributed by atoms with Crippen LogP contribution in [0.3, 0.4) is 0 Å². The van der Waals surface area contributed by atoms with Crippen molar-refractivity contribution in [3.05, 3.63) is 68.8 Å². The Labute approximate surface area is 149 Å². The highest BCUT2D eigenvalue weighted by molar-refractivity contribution is 5.87. The first-order valence-electron chi connectivity index (χ1n) is 8.86. The van der Waals surface area contributed by atoms with E-state index in [0.29, 0.717) is 18.9 Å². The van der Waals surface area contributed by atoms with E-state index in [1.807, 2.05) is 6.92 Å². The topological polar surface area (TPSA) is 42.7 Å². The molecule has 0 saturated heterocycles. The van der Waals surface area contributed by atoms with Gasteiger partial charge in [-0.3, -0.25) is 0 Å². The molecule has 0 bridgehead atoms. The molecule has 2 aliphatic rings. The largest absolute Gasteiger partial charge is 0.472 e. The summed E-state index contributed by atoms with van der Waals surface area (Å²) in [5, 5.41) is 1.03. The SMILES string of the molecule is Cc1c2c(cc3c4c(c(=O)oc13)CCC4)CN(c1ccc(F)cc1)CO2. The van der Waals surface area contributed by atoms with Gasteiger partial charge in [-0.25, -0.2) is 9.18 Å². The normalized spacial score (nSPS) is 15.7. The van der Waals surface area contributed by atoms with Crippen LogP contribution in [-0.4, -0.2) is 6.73 Å². The Morgan fingerprint density at radius 2 is 1.88 bits per heavy atom. The van der Waals surface area contributed by atoms with Gasteiger partial charge in [0.25, 0.3) is 0 Å². The molecule has 0 N–H and O–H groups in total. The smallest absolute Gasteiger partial charge is 0.339 e. The maximum atomic E-state index is 13.2. The zero-order valence-corrected chi connectivity index (χ0v) is 14.5. The fourth-order valence-corrected chi connectivity index (χ4v) is 4.16. The molecule has 0 fully saturated rings. The fraction of sp³-hybridized carbons (Fsp3) is 0.286. The molecule has 0 atom stereocenters. The lowest BCUT2D eigenvalue weighted by Crippen LogP contribution is -2.32. The number of anilines is 1. The lowest BCUT2D eigenvalue weighted by molar-refractivity contribution is 0.287. The number of halogens is 1. The van der Waals surface area contributed by atoms with E-state index in [-0.39, 0.29) is 11.4 Å². The first-order chi connectivity index (χ1) is 12.6. The van der Waals surface area contributed by atoms with E-state index in [1.165, 1.54) is 12.1 Å². The third-order valence-corrected chi connectivity index (χ3v) is 5.44. The van der Waals surface area contributed by atoms with E-state index in [2.05, 4.69) is 11.0 Å². The molecule has 0 unspecified atom stereocenters. The summed E-state index contributed by atoms with van der Waals surface area (Å²) in [5.74, 6) is 0.538. The van der Waals surface area contributed by atoms with Gasteiger partial charge < -0.3 is 14.1 Å². The molecular weight excluding hydrogens is 333 g/mol. The number of rotatable bonds is 1. The first-order valence-corrected chi connectivity index (χ1v) is 8.86. The monoisotopic (exact) mass is 351 g/mol. The van der Waals surface area contributed by atoms with Crippen LogP contribution in [0.1, 0.15) is 28.7 Å². The summed E-state index contributed by atoms with van der Waals surface area (Å²) in [4.78, 5) is 14.3. The van der Waals surface area contributed by atoms with Crippen molar-refractivity contribution in [3.8, 4) is 5.75 Å². The minimum absolute atomic E-state index is 0.211. The number of hydrogen-bond donors (Lipinski definition) is 0. The van der Waals surface area contributed by atoms with Crippen molar-refractivity contribution in [2.75, 3.05) is 11.6 Å². The quantitative estimate of drug-likeness (QED) is 0.620. The molecule has 0 radical (unpaired) electrons. The summed E-state index contributed by atoms with van der Waals surface area (Å²) in [5.41, 5.74) is 5.24. The average molecular weight is 351 g/mol. The van der Waals surface area contributed by atoms with Gasteiger partial charge in [-0.15, -0.1) is 0 Å². The van der Waals surface area contributed by atoms with Crippen LogP contribution >= 0.6 is 0 Å². The number of nitrogens with zero attached hydrogens (tertiary/aromatic N) is 1. The van der Waals surface area contributed by atoms with Crippen LogP contribution in [-0.2, 0) is 19.4 Å². The Balaban J connectivity index is 1.64. The van der Waals surface area contributed by atoms with Crippen LogP contribution < -0.4 is 15.3 Å². The van der Waals surface area contributed by atoms with E-state index >= 15 is 0 Å². The second-order valence-corrected chi connectivity index (χ2v) is 7.01. The standard InChI is InChI=1S/C21H18FNO3/c1-12-19-13(10-23(11-25-19)15-7-5-14(22)6-8-15)9-18-16-3-2-4-17(16)21(24)26-20(12)18/h5-9H,2-4,10-11H2,1H3. The molecule has 1 aliphatic carbocycles. The van der Waals surface area contributed by atoms with Crippen molar-refractivity contribution in [1.82, 2.24) is 0 Å². The molecule has 2 heterocycles. The molecule has 0 spiro atoms. The molecule has 26 heavy (non-hydrogen) atoms. The predicted molar refractivity (Wildman–Crippen MR) is 97.3 cm³/mol. The van der Waals surface area contributed by atoms with Crippen molar-refractivity contribution >= 4 is 16.7 Å². The van der Waals surface area contributed by atoms with E-state index in [4.69, 9.17) is 9.15 Å². The van der Waals surface area contributed by atoms with E-state index < -0.39 is 0 Å². The minimum Gasteiger partial charge on any atom is -0.472 e. The molecule has 0 amide bonds. The maximum absolute atomic E-state index is 13.2. The van der Waals surface area contributed by atoms with Crippen LogP contribution in [0.4, 0.5) is 10.1 Å². The van der Waals surface area contributed by atoms with Gasteiger partial charge in [-0.2, -0.15) is 0 Å². The predicted octanol–water partition coefficient (Wildman–Crippen LogP) is 4.09. The Morgan fingerprint density at radius 3 is 2.69 bits per heavy atom. The summed E-state index contributed by atoms with van der Waals surface area (Å²) < 4.78 is 24.8. The van der Waals surface area contributed by atoms with Gasteiger partial charge in [-0.05, 0) is 62.1 Å². The van der Waals surface area contributed by atoms with Gasteiger partial charge in [0, 0.05) is 34.3 Å². The molecule has 1 aromatic heterocycles. The van der Waals surface area contributed by atoms with Crippen LogP contribution in [0.2, 0.25) is 0 Å². The Hall–Kier alpha value is -2.82. The van der Waals surface area contributed by atoms with Crippen LogP contribution in [0, 0.1) is 12.7 Å². The van der Waals surface area contributed by atoms with Gasteiger partial charge in [-0.1, -0.05) is 0 Å². The van der Waals surface area contributed by atoms with Crippen LogP contribution in [0.5, 0.6) is 5.75 Å². The molecule has 5 heteroatoms. The van der Waals surface area contributed by atoms with Gasteiger partial charge >= 0.3 is 5.63 Å². The van der Waals surface area contributed by atoms with Crippen LogP contribution in [0.25, 0.3) is 11.0 Å². The third-order valence-electron chi connectivity index (χ3n) is 5.44. The average Bonchev–Trinajstić information content (AvgIpc) is 3.14. The van der Waals surface area contributed by atoms with Crippen molar-refractivity contribution in [2.45, 2.75) is 32.7 Å². The van der Waals surface area contributed by atoms with E-state index in [9.17, 15) is 9.18 Å². The zero-order chi connectivity index (χ0) is 17.8. The molecule has 0 saturated carbocycles. The highest BCUT2D eigenvalue weighted by atomic mass is 19.1. The van der Waals surface area contributed by atoms with Crippen molar-refractivity contribution in [2.24, 2.45) is 0 Å². The highest BCUT2D eigenvalue weighted by Gasteiger charge is 2.26. The van der Waals surface area contributed by atoms with Crippen molar-refractivity contribution < 1.29 is 13.5 Å². The van der Waals surface area contributed by atoms with Crippen molar-refractivity contribution in [3.63, 3.8) is 0 Å². The van der Waals surface area contributed by atoms with Gasteiger partial charge in [0.05, 0.1) is 0 Å². The molecule has 132 valence electrons.